The number of carbonyl (C=O) groups is 2. The van der Waals surface area contributed by atoms with Crippen molar-refractivity contribution in [2.24, 2.45) is 0 Å². The van der Waals surface area contributed by atoms with Gasteiger partial charge in [0.05, 0.1) is 5.69 Å². The summed E-state index contributed by atoms with van der Waals surface area (Å²) < 4.78 is 0. The van der Waals surface area contributed by atoms with Crippen LogP contribution in [0.15, 0.2) is 42.5 Å². The maximum atomic E-state index is 13.1. The second-order valence-corrected chi connectivity index (χ2v) is 7.31. The van der Waals surface area contributed by atoms with E-state index in [4.69, 9.17) is 0 Å². The molecule has 2 aromatic rings. The summed E-state index contributed by atoms with van der Waals surface area (Å²) in [6.45, 7) is 4.84. The summed E-state index contributed by atoms with van der Waals surface area (Å²) in [5, 5.41) is 17.2. The van der Waals surface area contributed by atoms with E-state index in [0.29, 0.717) is 30.0 Å². The molecular formula is C21H26N4O3. The van der Waals surface area contributed by atoms with E-state index in [0.717, 1.165) is 16.0 Å². The lowest BCUT2D eigenvalue weighted by atomic mass is 9.94. The average Bonchev–Trinajstić information content (AvgIpc) is 2.64. The summed E-state index contributed by atoms with van der Waals surface area (Å²) in [6, 6.07) is 11.6. The molecule has 1 aliphatic rings. The Morgan fingerprint density at radius 1 is 1.18 bits per heavy atom. The predicted octanol–water partition coefficient (Wildman–Crippen LogP) is 2.18. The normalized spacial score (nSPS) is 18.6. The minimum absolute atomic E-state index is 0.329. The number of benzene rings is 2. The first kappa shape index (κ1) is 19.9. The van der Waals surface area contributed by atoms with Crippen molar-refractivity contribution in [3.05, 3.63) is 59.2 Å². The van der Waals surface area contributed by atoms with Gasteiger partial charge in [0.1, 0.15) is 0 Å². The molecular weight excluding hydrogens is 356 g/mol. The molecule has 0 saturated carbocycles. The van der Waals surface area contributed by atoms with E-state index >= 15 is 0 Å². The number of para-hydroxylation sites is 1. The highest BCUT2D eigenvalue weighted by atomic mass is 16.3. The first-order chi connectivity index (χ1) is 13.2. The number of nitrogens with one attached hydrogen (secondary N) is 2. The second kappa shape index (κ2) is 7.61. The minimum atomic E-state index is -2.16. The molecule has 0 fully saturated rings. The van der Waals surface area contributed by atoms with Gasteiger partial charge in [-0.15, -0.1) is 0 Å². The largest absolute Gasteiger partial charge is 0.359 e. The third kappa shape index (κ3) is 3.46. The fraction of sp³-hybridized carbons (Fsp3) is 0.333. The minimum Gasteiger partial charge on any atom is -0.359 e. The Hall–Kier alpha value is -2.90. The lowest BCUT2D eigenvalue weighted by Crippen LogP contribution is -2.63. The van der Waals surface area contributed by atoms with Crippen LogP contribution in [0, 0.1) is 13.8 Å². The predicted molar refractivity (Wildman–Crippen MR) is 109 cm³/mol. The van der Waals surface area contributed by atoms with Crippen molar-refractivity contribution in [1.29, 1.82) is 0 Å². The number of nitrogens with zero attached hydrogens (tertiary/aromatic N) is 2. The van der Waals surface area contributed by atoms with E-state index in [-0.39, 0.29) is 0 Å². The van der Waals surface area contributed by atoms with E-state index in [1.807, 2.05) is 38.9 Å². The highest BCUT2D eigenvalue weighted by Gasteiger charge is 2.51. The number of urea groups is 1. The smallest absolute Gasteiger partial charge is 0.329 e. The Morgan fingerprint density at radius 2 is 1.89 bits per heavy atom. The Labute approximate surface area is 165 Å². The van der Waals surface area contributed by atoms with Gasteiger partial charge in [0.25, 0.3) is 11.6 Å². The molecule has 0 aromatic heterocycles. The zero-order valence-corrected chi connectivity index (χ0v) is 16.6. The van der Waals surface area contributed by atoms with Crippen LogP contribution in [0.3, 0.4) is 0 Å². The number of carbonyl (C=O) groups excluding carboxylic acids is 2. The molecule has 0 unspecified atom stereocenters. The summed E-state index contributed by atoms with van der Waals surface area (Å²) in [5.74, 6) is -0.644. The maximum absolute atomic E-state index is 13.1. The van der Waals surface area contributed by atoms with Crippen molar-refractivity contribution in [2.75, 3.05) is 37.4 Å². The number of aryl methyl sites for hydroxylation is 2. The molecule has 2 aromatic carbocycles. The fourth-order valence-corrected chi connectivity index (χ4v) is 3.24. The van der Waals surface area contributed by atoms with Gasteiger partial charge in [-0.1, -0.05) is 24.3 Å². The molecule has 1 atom stereocenters. The van der Waals surface area contributed by atoms with Gasteiger partial charge in [0.15, 0.2) is 0 Å². The number of amides is 3. The number of hydrogen-bond donors (Lipinski definition) is 3. The van der Waals surface area contributed by atoms with Crippen molar-refractivity contribution in [2.45, 2.75) is 19.6 Å². The van der Waals surface area contributed by atoms with E-state index in [9.17, 15) is 14.7 Å². The summed E-state index contributed by atoms with van der Waals surface area (Å²) in [5.41, 5.74) is 1.04. The zero-order chi connectivity index (χ0) is 20.5. The van der Waals surface area contributed by atoms with Gasteiger partial charge < -0.3 is 20.6 Å². The average molecular weight is 382 g/mol. The number of likely N-dealkylation sites (N-methyl/N-ethyl adjacent to an activating group) is 1. The van der Waals surface area contributed by atoms with Crippen LogP contribution in [0.5, 0.6) is 0 Å². The summed E-state index contributed by atoms with van der Waals surface area (Å²) in [7, 11) is 3.79. The lowest BCUT2D eigenvalue weighted by molar-refractivity contribution is -0.140. The Morgan fingerprint density at radius 3 is 2.57 bits per heavy atom. The number of anilines is 2. The Bertz CT molecular complexity index is 912. The van der Waals surface area contributed by atoms with Crippen LogP contribution in [0.2, 0.25) is 0 Å². The van der Waals surface area contributed by atoms with Gasteiger partial charge in [0, 0.05) is 24.3 Å². The Kier molecular flexibility index (Phi) is 5.40. The number of fused-ring (bicyclic) bond motifs is 1. The van der Waals surface area contributed by atoms with Gasteiger partial charge in [0.2, 0.25) is 0 Å². The highest BCUT2D eigenvalue weighted by molar-refractivity contribution is 6.11. The van der Waals surface area contributed by atoms with Crippen LogP contribution in [-0.2, 0) is 10.5 Å². The first-order valence-electron chi connectivity index (χ1n) is 9.18. The van der Waals surface area contributed by atoms with Gasteiger partial charge >= 0.3 is 6.03 Å². The van der Waals surface area contributed by atoms with E-state index in [2.05, 4.69) is 10.6 Å². The molecule has 3 amide bonds. The topological polar surface area (TPSA) is 84.9 Å². The van der Waals surface area contributed by atoms with Crippen molar-refractivity contribution in [3.8, 4) is 0 Å². The first-order valence-corrected chi connectivity index (χ1v) is 9.18. The molecule has 3 rings (SSSR count). The summed E-state index contributed by atoms with van der Waals surface area (Å²) in [4.78, 5) is 29.1. The molecule has 0 radical (unpaired) electrons. The Balaban J connectivity index is 2.09. The van der Waals surface area contributed by atoms with Crippen LogP contribution in [0.25, 0.3) is 0 Å². The molecule has 148 valence electrons. The molecule has 1 aliphatic heterocycles. The van der Waals surface area contributed by atoms with Crippen LogP contribution >= 0.6 is 0 Å². The van der Waals surface area contributed by atoms with Crippen LogP contribution < -0.4 is 15.5 Å². The molecule has 7 nitrogen and oxygen atoms in total. The zero-order valence-electron chi connectivity index (χ0n) is 16.6. The van der Waals surface area contributed by atoms with E-state index < -0.39 is 17.7 Å². The van der Waals surface area contributed by atoms with Gasteiger partial charge in [-0.25, -0.2) is 4.79 Å². The molecule has 0 bridgehead atoms. The van der Waals surface area contributed by atoms with Crippen molar-refractivity contribution in [3.63, 3.8) is 0 Å². The highest BCUT2D eigenvalue weighted by Crippen LogP contribution is 2.40. The number of rotatable bonds is 5. The maximum Gasteiger partial charge on any atom is 0.329 e. The van der Waals surface area contributed by atoms with Crippen molar-refractivity contribution in [1.82, 2.24) is 10.2 Å². The standard InChI is InChI=1S/C21H26N4O3/c1-14-9-10-16(13-15(14)2)25-20(27)23-18-8-6-5-7-17(18)21(25,28)19(26)22-11-12-24(3)4/h5-10,13,28H,11-12H2,1-4H3,(H,22,26)(H,23,27)/t21-/m1/s1. The third-order valence-corrected chi connectivity index (χ3v) is 4.98. The second-order valence-electron chi connectivity index (χ2n) is 7.31. The fourth-order valence-electron chi connectivity index (χ4n) is 3.24. The molecule has 1 heterocycles. The quantitative estimate of drug-likeness (QED) is 0.740. The van der Waals surface area contributed by atoms with Crippen LogP contribution in [0.4, 0.5) is 16.2 Å². The lowest BCUT2D eigenvalue weighted by Gasteiger charge is -2.42. The summed E-state index contributed by atoms with van der Waals surface area (Å²) >= 11 is 0. The SMILES string of the molecule is Cc1ccc(N2C(=O)Nc3ccccc3[C@@]2(O)C(=O)NCCN(C)C)cc1C. The van der Waals surface area contributed by atoms with Crippen molar-refractivity contribution < 1.29 is 14.7 Å². The van der Waals surface area contributed by atoms with Crippen molar-refractivity contribution >= 4 is 23.3 Å². The number of hydrogen-bond acceptors (Lipinski definition) is 4. The molecule has 3 N–H and O–H groups in total. The van der Waals surface area contributed by atoms with Gasteiger partial charge in [-0.05, 0) is 57.3 Å². The van der Waals surface area contributed by atoms with E-state index in [1.165, 1.54) is 0 Å². The van der Waals surface area contributed by atoms with Crippen LogP contribution in [-0.4, -0.2) is 49.1 Å². The van der Waals surface area contributed by atoms with Crippen LogP contribution in [0.1, 0.15) is 16.7 Å². The monoisotopic (exact) mass is 382 g/mol. The molecule has 7 heteroatoms. The molecule has 28 heavy (non-hydrogen) atoms. The van der Waals surface area contributed by atoms with Gasteiger partial charge in [-0.2, -0.15) is 0 Å². The number of aliphatic hydroxyl groups is 1. The third-order valence-electron chi connectivity index (χ3n) is 4.98. The molecule has 0 aliphatic carbocycles. The van der Waals surface area contributed by atoms with E-state index in [1.54, 1.807) is 36.4 Å². The molecule has 0 spiro atoms. The molecule has 0 saturated heterocycles. The summed E-state index contributed by atoms with van der Waals surface area (Å²) in [6.07, 6.45) is 0. The van der Waals surface area contributed by atoms with Gasteiger partial charge in [-0.3, -0.25) is 9.69 Å².